The Bertz CT molecular complexity index is 718. The van der Waals surface area contributed by atoms with Crippen molar-refractivity contribution in [2.45, 2.75) is 10.6 Å². The Hall–Kier alpha value is -1.81. The third-order valence-electron chi connectivity index (χ3n) is 3.01. The predicted molar refractivity (Wildman–Crippen MR) is 68.0 cm³/mol. The molecule has 0 bridgehead atoms. The number of hydrogen-bond acceptors (Lipinski definition) is 3. The Morgan fingerprint density at radius 3 is 3.12 bits per heavy atom. The maximum absolute atomic E-state index is 4.63. The average molecular weight is 239 g/mol. The Balaban J connectivity index is 2.10. The molecule has 82 valence electrons. The van der Waals surface area contributed by atoms with Gasteiger partial charge in [0.05, 0.1) is 11.4 Å². The summed E-state index contributed by atoms with van der Waals surface area (Å²) in [5.41, 5.74) is 3.55. The van der Waals surface area contributed by atoms with E-state index in [2.05, 4.69) is 38.6 Å². The van der Waals surface area contributed by atoms with Crippen LogP contribution in [0.4, 0.5) is 0 Å². The molecule has 0 amide bonds. The van der Waals surface area contributed by atoms with Crippen LogP contribution in [0.1, 0.15) is 5.69 Å². The summed E-state index contributed by atoms with van der Waals surface area (Å²) in [6, 6.07) is 10.4. The Labute approximate surface area is 103 Å². The van der Waals surface area contributed by atoms with Gasteiger partial charge in [-0.25, -0.2) is 9.97 Å². The number of benzene rings is 1. The fourth-order valence-corrected chi connectivity index (χ4v) is 3.29. The summed E-state index contributed by atoms with van der Waals surface area (Å²) in [6.07, 6.45) is 3.81. The van der Waals surface area contributed by atoms with Crippen molar-refractivity contribution < 1.29 is 0 Å². The normalized spacial score (nSPS) is 13.4. The summed E-state index contributed by atoms with van der Waals surface area (Å²) in [5, 5.41) is 0. The molecule has 0 saturated heterocycles. The van der Waals surface area contributed by atoms with Crippen molar-refractivity contribution >= 4 is 17.5 Å². The van der Waals surface area contributed by atoms with Crippen molar-refractivity contribution in [2.24, 2.45) is 0 Å². The molecule has 3 heterocycles. The SMILES string of the molecule is c1ccc2c(c1)SCc1c-2nc2ncccn12. The third-order valence-corrected chi connectivity index (χ3v) is 4.09. The Morgan fingerprint density at radius 2 is 2.12 bits per heavy atom. The van der Waals surface area contributed by atoms with E-state index in [0.29, 0.717) is 0 Å². The minimum atomic E-state index is 0.787. The van der Waals surface area contributed by atoms with E-state index in [4.69, 9.17) is 0 Å². The lowest BCUT2D eigenvalue weighted by Gasteiger charge is -2.14. The molecule has 1 aliphatic heterocycles. The fourth-order valence-electron chi connectivity index (χ4n) is 2.22. The van der Waals surface area contributed by atoms with Gasteiger partial charge in [0.15, 0.2) is 0 Å². The first-order valence-electron chi connectivity index (χ1n) is 5.47. The minimum Gasteiger partial charge on any atom is -0.287 e. The van der Waals surface area contributed by atoms with Gasteiger partial charge in [-0.2, -0.15) is 0 Å². The van der Waals surface area contributed by atoms with Crippen LogP contribution in [0.15, 0.2) is 47.6 Å². The van der Waals surface area contributed by atoms with Crippen molar-refractivity contribution in [1.29, 1.82) is 0 Å². The molecule has 0 aliphatic carbocycles. The van der Waals surface area contributed by atoms with Gasteiger partial charge in [-0.15, -0.1) is 11.8 Å². The van der Waals surface area contributed by atoms with Gasteiger partial charge in [0, 0.05) is 28.6 Å². The summed E-state index contributed by atoms with van der Waals surface area (Å²) in [6.45, 7) is 0. The highest BCUT2D eigenvalue weighted by molar-refractivity contribution is 7.98. The van der Waals surface area contributed by atoms with Crippen LogP contribution < -0.4 is 0 Å². The second kappa shape index (κ2) is 3.34. The highest BCUT2D eigenvalue weighted by atomic mass is 32.2. The van der Waals surface area contributed by atoms with E-state index in [1.807, 2.05) is 24.0 Å². The van der Waals surface area contributed by atoms with E-state index in [9.17, 15) is 0 Å². The van der Waals surface area contributed by atoms with Crippen LogP contribution in [0.3, 0.4) is 0 Å². The number of hydrogen-bond donors (Lipinski definition) is 0. The Kier molecular flexibility index (Phi) is 1.82. The first kappa shape index (κ1) is 9.24. The second-order valence-electron chi connectivity index (χ2n) is 3.98. The number of aromatic nitrogens is 3. The van der Waals surface area contributed by atoms with Crippen LogP contribution >= 0.6 is 11.8 Å². The van der Waals surface area contributed by atoms with E-state index in [-0.39, 0.29) is 0 Å². The smallest absolute Gasteiger partial charge is 0.234 e. The van der Waals surface area contributed by atoms with Gasteiger partial charge in [-0.3, -0.25) is 4.40 Å². The van der Waals surface area contributed by atoms with Crippen LogP contribution in [0.2, 0.25) is 0 Å². The molecule has 3 aromatic rings. The number of nitrogens with zero attached hydrogens (tertiary/aromatic N) is 3. The molecule has 1 aromatic carbocycles. The number of rotatable bonds is 0. The molecule has 0 unspecified atom stereocenters. The molecule has 3 nitrogen and oxygen atoms in total. The molecule has 4 heteroatoms. The molecule has 1 aliphatic rings. The van der Waals surface area contributed by atoms with Crippen molar-refractivity contribution in [1.82, 2.24) is 14.4 Å². The summed E-state index contributed by atoms with van der Waals surface area (Å²) in [4.78, 5) is 10.2. The molecule has 2 aromatic heterocycles. The van der Waals surface area contributed by atoms with E-state index < -0.39 is 0 Å². The third kappa shape index (κ3) is 1.24. The predicted octanol–water partition coefficient (Wildman–Crippen LogP) is 3.00. The van der Waals surface area contributed by atoms with E-state index >= 15 is 0 Å². The zero-order chi connectivity index (χ0) is 11.2. The molecule has 17 heavy (non-hydrogen) atoms. The Morgan fingerprint density at radius 1 is 1.18 bits per heavy atom. The monoisotopic (exact) mass is 239 g/mol. The van der Waals surface area contributed by atoms with Crippen molar-refractivity contribution in [3.8, 4) is 11.3 Å². The first-order chi connectivity index (χ1) is 8.43. The maximum Gasteiger partial charge on any atom is 0.234 e. The topological polar surface area (TPSA) is 30.2 Å². The van der Waals surface area contributed by atoms with E-state index in [1.165, 1.54) is 16.2 Å². The van der Waals surface area contributed by atoms with Crippen LogP contribution in [-0.2, 0) is 5.75 Å². The molecule has 0 atom stereocenters. The summed E-state index contributed by atoms with van der Waals surface area (Å²) in [5.74, 6) is 1.74. The summed E-state index contributed by atoms with van der Waals surface area (Å²) < 4.78 is 2.08. The standard InChI is InChI=1S/C13H9N3S/c1-2-5-11-9(4-1)12-10(8-17-11)16-7-3-6-14-13(16)15-12/h1-7H,8H2. The van der Waals surface area contributed by atoms with Gasteiger partial charge < -0.3 is 0 Å². The summed E-state index contributed by atoms with van der Waals surface area (Å²) in [7, 11) is 0. The molecule has 0 spiro atoms. The van der Waals surface area contributed by atoms with Crippen LogP contribution in [0.25, 0.3) is 17.0 Å². The van der Waals surface area contributed by atoms with Gasteiger partial charge in [-0.05, 0) is 12.1 Å². The molecular formula is C13H9N3S. The molecule has 0 radical (unpaired) electrons. The van der Waals surface area contributed by atoms with Gasteiger partial charge in [0.1, 0.15) is 0 Å². The molecule has 0 saturated carbocycles. The van der Waals surface area contributed by atoms with Crippen molar-refractivity contribution in [3.05, 3.63) is 48.4 Å². The number of thioether (sulfide) groups is 1. The highest BCUT2D eigenvalue weighted by Crippen LogP contribution is 2.40. The number of fused-ring (bicyclic) bond motifs is 5. The molecule has 0 N–H and O–H groups in total. The van der Waals surface area contributed by atoms with E-state index in [0.717, 1.165) is 17.2 Å². The van der Waals surface area contributed by atoms with Crippen LogP contribution in [-0.4, -0.2) is 14.4 Å². The zero-order valence-electron chi connectivity index (χ0n) is 9.00. The lowest BCUT2D eigenvalue weighted by molar-refractivity contribution is 1.05. The summed E-state index contributed by atoms with van der Waals surface area (Å²) >= 11 is 1.86. The van der Waals surface area contributed by atoms with Crippen molar-refractivity contribution in [2.75, 3.05) is 0 Å². The second-order valence-corrected chi connectivity index (χ2v) is 5.00. The van der Waals surface area contributed by atoms with Crippen molar-refractivity contribution in [3.63, 3.8) is 0 Å². The van der Waals surface area contributed by atoms with Crippen LogP contribution in [0, 0.1) is 0 Å². The lowest BCUT2D eigenvalue weighted by Crippen LogP contribution is -1.97. The lowest BCUT2D eigenvalue weighted by atomic mass is 10.1. The largest absolute Gasteiger partial charge is 0.287 e. The number of imidazole rings is 1. The van der Waals surface area contributed by atoms with Gasteiger partial charge in [0.25, 0.3) is 0 Å². The quantitative estimate of drug-likeness (QED) is 0.604. The highest BCUT2D eigenvalue weighted by Gasteiger charge is 2.21. The minimum absolute atomic E-state index is 0.787. The maximum atomic E-state index is 4.63. The van der Waals surface area contributed by atoms with Gasteiger partial charge >= 0.3 is 0 Å². The molecule has 0 fully saturated rings. The van der Waals surface area contributed by atoms with Gasteiger partial charge in [0.2, 0.25) is 5.78 Å². The average Bonchev–Trinajstić information content (AvgIpc) is 2.78. The van der Waals surface area contributed by atoms with E-state index in [1.54, 1.807) is 6.20 Å². The molecule has 4 rings (SSSR count). The zero-order valence-corrected chi connectivity index (χ0v) is 9.81. The molecular weight excluding hydrogens is 230 g/mol. The first-order valence-corrected chi connectivity index (χ1v) is 6.46. The van der Waals surface area contributed by atoms with Gasteiger partial charge in [-0.1, -0.05) is 18.2 Å². The van der Waals surface area contributed by atoms with Crippen LogP contribution in [0.5, 0.6) is 0 Å². The fraction of sp³-hybridized carbons (Fsp3) is 0.0769.